The van der Waals surface area contributed by atoms with Gasteiger partial charge in [0.1, 0.15) is 10.7 Å². The number of nitrogens with one attached hydrogen (secondary N) is 2. The van der Waals surface area contributed by atoms with Crippen LogP contribution in [0.3, 0.4) is 0 Å². The third kappa shape index (κ3) is 3.96. The number of aromatic amines is 1. The first kappa shape index (κ1) is 18.2. The second kappa shape index (κ2) is 8.18. The molecule has 8 heteroatoms. The van der Waals surface area contributed by atoms with Crippen molar-refractivity contribution in [3.05, 3.63) is 40.0 Å². The summed E-state index contributed by atoms with van der Waals surface area (Å²) in [6.07, 6.45) is 6.48. The Bertz CT molecular complexity index is 810. The maximum Gasteiger partial charge on any atom is 0.355 e. The topological polar surface area (TPSA) is 97.5 Å². The summed E-state index contributed by atoms with van der Waals surface area (Å²) in [6.45, 7) is -0.430. The van der Waals surface area contributed by atoms with Crippen LogP contribution >= 0.6 is 11.3 Å². The van der Waals surface area contributed by atoms with Gasteiger partial charge in [-0.15, -0.1) is 11.3 Å². The maximum absolute atomic E-state index is 12.2. The fourth-order valence-electron chi connectivity index (χ4n) is 2.98. The minimum atomic E-state index is -0.611. The Morgan fingerprint density at radius 2 is 2.00 bits per heavy atom. The van der Waals surface area contributed by atoms with E-state index in [0.29, 0.717) is 10.6 Å². The molecule has 0 spiro atoms. The van der Waals surface area contributed by atoms with Crippen molar-refractivity contribution in [2.24, 2.45) is 0 Å². The van der Waals surface area contributed by atoms with Gasteiger partial charge in [0.15, 0.2) is 6.61 Å². The van der Waals surface area contributed by atoms with E-state index in [1.54, 1.807) is 18.3 Å². The average Bonchev–Trinajstić information content (AvgIpc) is 3.22. The minimum Gasteiger partial charge on any atom is -0.465 e. The van der Waals surface area contributed by atoms with Crippen LogP contribution in [0, 0.1) is 0 Å². The number of H-pyrrole nitrogens is 1. The van der Waals surface area contributed by atoms with Crippen molar-refractivity contribution in [3.63, 3.8) is 0 Å². The lowest BCUT2D eigenvalue weighted by Crippen LogP contribution is -2.21. The van der Waals surface area contributed by atoms with Crippen molar-refractivity contribution in [1.29, 1.82) is 0 Å². The number of methoxy groups -OCH3 is 1. The summed E-state index contributed by atoms with van der Waals surface area (Å²) >= 11 is 1.40. The standard InChI is InChI=1S/C18H20N2O5S/c1-24-18(23)15-11-6-3-2-4-8-13(11)26-16(15)20-14(21)10-25-17(22)12-7-5-9-19-12/h5,7,9,19H,2-4,6,8,10H2,1H3,(H,20,21). The van der Waals surface area contributed by atoms with E-state index in [1.165, 1.54) is 18.4 Å². The molecule has 0 aliphatic heterocycles. The van der Waals surface area contributed by atoms with Gasteiger partial charge in [-0.3, -0.25) is 4.79 Å². The number of thiophene rings is 1. The van der Waals surface area contributed by atoms with E-state index in [-0.39, 0.29) is 5.69 Å². The number of aryl methyl sites for hydroxylation is 1. The highest BCUT2D eigenvalue weighted by molar-refractivity contribution is 7.17. The molecule has 2 aromatic rings. The molecular formula is C18H20N2O5S. The number of aromatic nitrogens is 1. The summed E-state index contributed by atoms with van der Waals surface area (Å²) < 4.78 is 9.87. The highest BCUT2D eigenvalue weighted by Gasteiger charge is 2.26. The molecule has 0 aromatic carbocycles. The Hall–Kier alpha value is -2.61. The van der Waals surface area contributed by atoms with Gasteiger partial charge >= 0.3 is 11.9 Å². The molecular weight excluding hydrogens is 356 g/mol. The van der Waals surface area contributed by atoms with Gasteiger partial charge in [-0.25, -0.2) is 9.59 Å². The lowest BCUT2D eigenvalue weighted by molar-refractivity contribution is -0.119. The Morgan fingerprint density at radius 1 is 1.19 bits per heavy atom. The maximum atomic E-state index is 12.2. The number of carbonyl (C=O) groups excluding carboxylic acids is 3. The molecule has 2 heterocycles. The van der Waals surface area contributed by atoms with E-state index < -0.39 is 24.5 Å². The molecule has 2 aromatic heterocycles. The Morgan fingerprint density at radius 3 is 2.73 bits per heavy atom. The van der Waals surface area contributed by atoms with Crippen LogP contribution in [0.5, 0.6) is 0 Å². The summed E-state index contributed by atoms with van der Waals surface area (Å²) in [5.74, 6) is -1.56. The van der Waals surface area contributed by atoms with Crippen LogP contribution in [0.1, 0.15) is 50.5 Å². The number of anilines is 1. The number of carbonyl (C=O) groups is 3. The Labute approximate surface area is 154 Å². The number of amides is 1. The fourth-order valence-corrected chi connectivity index (χ4v) is 4.27. The number of esters is 2. The van der Waals surface area contributed by atoms with Gasteiger partial charge in [0.2, 0.25) is 0 Å². The molecule has 138 valence electrons. The van der Waals surface area contributed by atoms with E-state index in [1.807, 2.05) is 0 Å². The summed E-state index contributed by atoms with van der Waals surface area (Å²) in [7, 11) is 1.33. The highest BCUT2D eigenvalue weighted by Crippen LogP contribution is 2.37. The van der Waals surface area contributed by atoms with Crippen molar-refractivity contribution in [3.8, 4) is 0 Å². The van der Waals surface area contributed by atoms with Crippen molar-refractivity contribution >= 4 is 34.2 Å². The molecule has 26 heavy (non-hydrogen) atoms. The smallest absolute Gasteiger partial charge is 0.355 e. The first-order chi connectivity index (χ1) is 12.6. The highest BCUT2D eigenvalue weighted by atomic mass is 32.1. The van der Waals surface area contributed by atoms with Crippen LogP contribution in [0.2, 0.25) is 0 Å². The van der Waals surface area contributed by atoms with Gasteiger partial charge in [-0.2, -0.15) is 0 Å². The summed E-state index contributed by atoms with van der Waals surface area (Å²) in [6, 6.07) is 3.23. The van der Waals surface area contributed by atoms with E-state index in [9.17, 15) is 14.4 Å². The van der Waals surface area contributed by atoms with Crippen molar-refractivity contribution < 1.29 is 23.9 Å². The molecule has 0 bridgehead atoms. The lowest BCUT2D eigenvalue weighted by atomic mass is 10.1. The monoisotopic (exact) mass is 376 g/mol. The molecule has 0 radical (unpaired) electrons. The van der Waals surface area contributed by atoms with E-state index in [0.717, 1.165) is 42.5 Å². The van der Waals surface area contributed by atoms with Crippen molar-refractivity contribution in [1.82, 2.24) is 4.98 Å². The molecule has 3 rings (SSSR count). The predicted molar refractivity (Wildman–Crippen MR) is 96.6 cm³/mol. The van der Waals surface area contributed by atoms with Crippen molar-refractivity contribution in [2.75, 3.05) is 19.0 Å². The molecule has 0 atom stereocenters. The zero-order valence-corrected chi connectivity index (χ0v) is 15.2. The number of hydrogen-bond donors (Lipinski definition) is 2. The van der Waals surface area contributed by atoms with Crippen molar-refractivity contribution in [2.45, 2.75) is 32.1 Å². The van der Waals surface area contributed by atoms with Gasteiger partial charge in [-0.05, 0) is 43.4 Å². The molecule has 1 amide bonds. The number of ether oxygens (including phenoxy) is 2. The summed E-state index contributed by atoms with van der Waals surface area (Å²) in [4.78, 5) is 40.0. The first-order valence-electron chi connectivity index (χ1n) is 8.43. The predicted octanol–water partition coefficient (Wildman–Crippen LogP) is 2.93. The lowest BCUT2D eigenvalue weighted by Gasteiger charge is -2.08. The number of hydrogen-bond acceptors (Lipinski definition) is 6. The first-order valence-corrected chi connectivity index (χ1v) is 9.25. The fraction of sp³-hybridized carbons (Fsp3) is 0.389. The Kier molecular flexibility index (Phi) is 5.72. The molecule has 0 fully saturated rings. The number of fused-ring (bicyclic) bond motifs is 1. The average molecular weight is 376 g/mol. The van der Waals surface area contributed by atoms with Gasteiger partial charge in [0.25, 0.3) is 5.91 Å². The molecule has 1 aliphatic carbocycles. The number of rotatable bonds is 5. The second-order valence-electron chi connectivity index (χ2n) is 5.97. The quantitative estimate of drug-likeness (QED) is 0.618. The normalized spacial score (nSPS) is 13.4. The molecule has 2 N–H and O–H groups in total. The summed E-state index contributed by atoms with van der Waals surface area (Å²) in [5.41, 5.74) is 1.67. The SMILES string of the molecule is COC(=O)c1c(NC(=O)COC(=O)c2ccc[nH]2)sc2c1CCCCC2. The van der Waals surface area contributed by atoms with E-state index in [4.69, 9.17) is 9.47 Å². The molecule has 1 aliphatic rings. The third-order valence-electron chi connectivity index (χ3n) is 4.22. The molecule has 0 unspecified atom stereocenters. The Balaban J connectivity index is 1.71. The molecule has 0 saturated carbocycles. The van der Waals surface area contributed by atoms with Crippen LogP contribution in [-0.2, 0) is 27.1 Å². The van der Waals surface area contributed by atoms with Gasteiger partial charge in [0, 0.05) is 11.1 Å². The largest absolute Gasteiger partial charge is 0.465 e. The third-order valence-corrected chi connectivity index (χ3v) is 5.42. The van der Waals surface area contributed by atoms with Crippen LogP contribution < -0.4 is 5.32 Å². The zero-order valence-electron chi connectivity index (χ0n) is 14.4. The second-order valence-corrected chi connectivity index (χ2v) is 7.07. The molecule has 7 nitrogen and oxygen atoms in total. The van der Waals surface area contributed by atoms with Gasteiger partial charge in [0.05, 0.1) is 12.7 Å². The van der Waals surface area contributed by atoms with Crippen LogP contribution in [0.25, 0.3) is 0 Å². The van der Waals surface area contributed by atoms with E-state index >= 15 is 0 Å². The summed E-state index contributed by atoms with van der Waals surface area (Å²) in [5, 5.41) is 3.16. The minimum absolute atomic E-state index is 0.274. The van der Waals surface area contributed by atoms with Gasteiger partial charge < -0.3 is 19.8 Å². The van der Waals surface area contributed by atoms with Crippen LogP contribution in [0.4, 0.5) is 5.00 Å². The van der Waals surface area contributed by atoms with Crippen LogP contribution in [0.15, 0.2) is 18.3 Å². The van der Waals surface area contributed by atoms with Crippen LogP contribution in [-0.4, -0.2) is 36.5 Å². The van der Waals surface area contributed by atoms with Gasteiger partial charge in [-0.1, -0.05) is 6.42 Å². The molecule has 0 saturated heterocycles. The van der Waals surface area contributed by atoms with E-state index in [2.05, 4.69) is 10.3 Å². The zero-order chi connectivity index (χ0) is 18.5.